The van der Waals surface area contributed by atoms with Gasteiger partial charge < -0.3 is 15.6 Å². The highest BCUT2D eigenvalue weighted by Crippen LogP contribution is 2.28. The molecule has 1 rings (SSSR count). The first kappa shape index (κ1) is 17.2. The van der Waals surface area contributed by atoms with Gasteiger partial charge in [-0.15, -0.1) is 12.4 Å². The first-order valence-corrected chi connectivity index (χ1v) is 5.92. The summed E-state index contributed by atoms with van der Waals surface area (Å²) in [5, 5.41) is 10.1. The second-order valence-corrected chi connectivity index (χ2v) is 5.50. The van der Waals surface area contributed by atoms with Crippen molar-refractivity contribution < 1.29 is 9.84 Å². The third kappa shape index (κ3) is 4.84. The third-order valence-corrected chi connectivity index (χ3v) is 3.07. The van der Waals surface area contributed by atoms with Gasteiger partial charge in [-0.1, -0.05) is 32.9 Å². The van der Waals surface area contributed by atoms with Crippen LogP contribution in [0.15, 0.2) is 24.3 Å². The van der Waals surface area contributed by atoms with Crippen molar-refractivity contribution >= 4 is 12.4 Å². The van der Waals surface area contributed by atoms with Crippen molar-refractivity contribution in [3.05, 3.63) is 29.8 Å². The van der Waals surface area contributed by atoms with Crippen molar-refractivity contribution in [1.29, 1.82) is 0 Å². The van der Waals surface area contributed by atoms with E-state index in [9.17, 15) is 5.11 Å². The monoisotopic (exact) mass is 273 g/mol. The molecule has 0 saturated heterocycles. The summed E-state index contributed by atoms with van der Waals surface area (Å²) >= 11 is 0. The van der Waals surface area contributed by atoms with Gasteiger partial charge in [0, 0.05) is 6.04 Å². The molecule has 2 atom stereocenters. The Balaban J connectivity index is 0.00000289. The lowest BCUT2D eigenvalue weighted by molar-refractivity contribution is 0.133. The van der Waals surface area contributed by atoms with Gasteiger partial charge in [-0.25, -0.2) is 0 Å². The molecule has 0 aliphatic carbocycles. The smallest absolute Gasteiger partial charge is 0.119 e. The number of benzene rings is 1. The molecule has 0 aliphatic rings. The first-order valence-electron chi connectivity index (χ1n) is 5.92. The molecule has 0 spiro atoms. The van der Waals surface area contributed by atoms with Crippen LogP contribution < -0.4 is 10.5 Å². The van der Waals surface area contributed by atoms with E-state index in [-0.39, 0.29) is 23.9 Å². The molecule has 0 radical (unpaired) electrons. The average molecular weight is 274 g/mol. The number of rotatable bonds is 4. The molecule has 3 N–H and O–H groups in total. The standard InChI is InChI=1S/C14H23NO2.ClH/c1-14(2,3)13(15)9-12(16)10-6-5-7-11(8-10)17-4;/h5-8,12-13,16H,9,15H2,1-4H3;1H/t12-,13+;/m0./s1. The first-order chi connectivity index (χ1) is 7.84. The van der Waals surface area contributed by atoms with Crippen molar-refractivity contribution in [3.8, 4) is 5.75 Å². The van der Waals surface area contributed by atoms with Gasteiger partial charge in [-0.05, 0) is 29.5 Å². The minimum Gasteiger partial charge on any atom is -0.497 e. The van der Waals surface area contributed by atoms with Crippen LogP contribution in [0, 0.1) is 5.41 Å². The van der Waals surface area contributed by atoms with Crippen LogP contribution in [-0.4, -0.2) is 18.3 Å². The maximum absolute atomic E-state index is 10.1. The van der Waals surface area contributed by atoms with Crippen LogP contribution in [0.5, 0.6) is 5.75 Å². The Morgan fingerprint density at radius 2 is 1.94 bits per heavy atom. The van der Waals surface area contributed by atoms with Crippen LogP contribution in [-0.2, 0) is 0 Å². The average Bonchev–Trinajstić information content (AvgIpc) is 2.27. The Morgan fingerprint density at radius 3 is 2.44 bits per heavy atom. The van der Waals surface area contributed by atoms with Crippen molar-refractivity contribution in [2.75, 3.05) is 7.11 Å². The molecular formula is C14H24ClNO2. The van der Waals surface area contributed by atoms with E-state index in [2.05, 4.69) is 20.8 Å². The molecule has 104 valence electrons. The third-order valence-electron chi connectivity index (χ3n) is 3.07. The van der Waals surface area contributed by atoms with Gasteiger partial charge in [0.05, 0.1) is 13.2 Å². The highest BCUT2D eigenvalue weighted by Gasteiger charge is 2.24. The summed E-state index contributed by atoms with van der Waals surface area (Å²) in [6.07, 6.45) is 0.00996. The normalized spacial score (nSPS) is 14.6. The lowest BCUT2D eigenvalue weighted by Gasteiger charge is -2.29. The predicted octanol–water partition coefficient (Wildman–Crippen LogP) is 2.91. The zero-order chi connectivity index (χ0) is 13.1. The van der Waals surface area contributed by atoms with Gasteiger partial charge >= 0.3 is 0 Å². The van der Waals surface area contributed by atoms with Gasteiger partial charge in [-0.2, -0.15) is 0 Å². The van der Waals surface area contributed by atoms with E-state index < -0.39 is 6.10 Å². The topological polar surface area (TPSA) is 55.5 Å². The van der Waals surface area contributed by atoms with E-state index in [1.165, 1.54) is 0 Å². The minimum absolute atomic E-state index is 0. The summed E-state index contributed by atoms with van der Waals surface area (Å²) < 4.78 is 5.13. The second kappa shape index (κ2) is 6.98. The molecule has 0 unspecified atom stereocenters. The Hall–Kier alpha value is -0.770. The Labute approximate surface area is 116 Å². The van der Waals surface area contributed by atoms with E-state index in [0.29, 0.717) is 6.42 Å². The van der Waals surface area contributed by atoms with Crippen LogP contribution >= 0.6 is 12.4 Å². The summed E-state index contributed by atoms with van der Waals surface area (Å²) in [7, 11) is 1.62. The fourth-order valence-electron chi connectivity index (χ4n) is 1.58. The Morgan fingerprint density at radius 1 is 1.33 bits per heavy atom. The molecule has 0 fully saturated rings. The van der Waals surface area contributed by atoms with Crippen molar-refractivity contribution in [2.45, 2.75) is 39.3 Å². The molecule has 3 nitrogen and oxygen atoms in total. The van der Waals surface area contributed by atoms with Crippen molar-refractivity contribution in [1.82, 2.24) is 0 Å². The number of halogens is 1. The Bertz CT molecular complexity index is 363. The molecule has 0 aliphatic heterocycles. The molecule has 0 amide bonds. The summed E-state index contributed by atoms with van der Waals surface area (Å²) in [4.78, 5) is 0. The number of ether oxygens (including phenoxy) is 1. The molecule has 0 saturated carbocycles. The molecule has 1 aromatic carbocycles. The predicted molar refractivity (Wildman–Crippen MR) is 77.2 cm³/mol. The minimum atomic E-state index is -0.542. The fourth-order valence-corrected chi connectivity index (χ4v) is 1.58. The summed E-state index contributed by atoms with van der Waals surface area (Å²) in [6, 6.07) is 7.44. The van der Waals surface area contributed by atoms with Crippen molar-refractivity contribution in [3.63, 3.8) is 0 Å². The number of methoxy groups -OCH3 is 1. The molecule has 0 bridgehead atoms. The zero-order valence-electron chi connectivity index (χ0n) is 11.5. The number of aliphatic hydroxyl groups excluding tert-OH is 1. The zero-order valence-corrected chi connectivity index (χ0v) is 12.3. The SMILES string of the molecule is COc1cccc([C@@H](O)C[C@@H](N)C(C)(C)C)c1.Cl. The quantitative estimate of drug-likeness (QED) is 0.887. The van der Waals surface area contributed by atoms with Crippen LogP contribution in [0.2, 0.25) is 0 Å². The van der Waals surface area contributed by atoms with Crippen LogP contribution in [0.3, 0.4) is 0 Å². The van der Waals surface area contributed by atoms with Gasteiger partial charge in [0.2, 0.25) is 0 Å². The molecule has 4 heteroatoms. The Kier molecular flexibility index (Phi) is 6.68. The lowest BCUT2D eigenvalue weighted by Crippen LogP contribution is -2.36. The van der Waals surface area contributed by atoms with Crippen molar-refractivity contribution in [2.24, 2.45) is 11.1 Å². The number of nitrogens with two attached hydrogens (primary N) is 1. The van der Waals surface area contributed by atoms with E-state index in [1.54, 1.807) is 7.11 Å². The molecule has 0 aromatic heterocycles. The largest absolute Gasteiger partial charge is 0.497 e. The molecule has 0 heterocycles. The number of aliphatic hydroxyl groups is 1. The number of hydrogen-bond acceptors (Lipinski definition) is 3. The fraction of sp³-hybridized carbons (Fsp3) is 0.571. The maximum Gasteiger partial charge on any atom is 0.119 e. The van der Waals surface area contributed by atoms with E-state index in [1.807, 2.05) is 24.3 Å². The number of hydrogen-bond donors (Lipinski definition) is 2. The molecule has 1 aromatic rings. The van der Waals surface area contributed by atoms with E-state index >= 15 is 0 Å². The van der Waals surface area contributed by atoms with Gasteiger partial charge in [0.25, 0.3) is 0 Å². The summed E-state index contributed by atoms with van der Waals surface area (Å²) in [5.74, 6) is 0.755. The molecular weight excluding hydrogens is 250 g/mol. The lowest BCUT2D eigenvalue weighted by atomic mass is 9.83. The summed E-state index contributed by atoms with van der Waals surface area (Å²) in [6.45, 7) is 6.24. The molecule has 18 heavy (non-hydrogen) atoms. The van der Waals surface area contributed by atoms with Gasteiger partial charge in [-0.3, -0.25) is 0 Å². The van der Waals surface area contributed by atoms with Crippen LogP contribution in [0.4, 0.5) is 0 Å². The van der Waals surface area contributed by atoms with Gasteiger partial charge in [0.1, 0.15) is 5.75 Å². The summed E-state index contributed by atoms with van der Waals surface area (Å²) in [5.41, 5.74) is 6.92. The second-order valence-electron chi connectivity index (χ2n) is 5.50. The van der Waals surface area contributed by atoms with Crippen LogP contribution in [0.1, 0.15) is 38.9 Å². The highest BCUT2D eigenvalue weighted by molar-refractivity contribution is 5.85. The van der Waals surface area contributed by atoms with E-state index in [0.717, 1.165) is 11.3 Å². The van der Waals surface area contributed by atoms with Gasteiger partial charge in [0.15, 0.2) is 0 Å². The maximum atomic E-state index is 10.1. The highest BCUT2D eigenvalue weighted by atomic mass is 35.5. The van der Waals surface area contributed by atoms with E-state index in [4.69, 9.17) is 10.5 Å². The van der Waals surface area contributed by atoms with Crippen LogP contribution in [0.25, 0.3) is 0 Å².